The van der Waals surface area contributed by atoms with Crippen LogP contribution in [0.2, 0.25) is 0 Å². The first kappa shape index (κ1) is 11.0. The van der Waals surface area contributed by atoms with Crippen molar-refractivity contribution in [1.29, 1.82) is 0 Å². The number of nitrogens with zero attached hydrogens (tertiary/aromatic N) is 1. The molecule has 2 N–H and O–H groups in total. The maximum atomic E-state index is 5.69. The summed E-state index contributed by atoms with van der Waals surface area (Å²) in [5.74, 6) is 1.54. The molecule has 2 rings (SSSR count). The number of hydrogen-bond acceptors (Lipinski definition) is 4. The Morgan fingerprint density at radius 1 is 1.44 bits per heavy atom. The molecule has 1 atom stereocenters. The molecule has 4 heteroatoms. The topological polar surface area (TPSA) is 56.8 Å². The van der Waals surface area contributed by atoms with E-state index in [9.17, 15) is 0 Å². The molecule has 1 aliphatic rings. The van der Waals surface area contributed by atoms with Crippen LogP contribution in [-0.2, 0) is 4.74 Å². The van der Waals surface area contributed by atoms with Crippen molar-refractivity contribution in [2.24, 2.45) is 10.7 Å². The van der Waals surface area contributed by atoms with E-state index < -0.39 is 0 Å². The quantitative estimate of drug-likeness (QED) is 0.829. The number of aliphatic imine (C=N–C) groups is 1. The molecule has 86 valence electrons. The van der Waals surface area contributed by atoms with Crippen LogP contribution in [0.3, 0.4) is 0 Å². The molecule has 1 aromatic rings. The Morgan fingerprint density at radius 3 is 2.81 bits per heavy atom. The lowest BCUT2D eigenvalue weighted by Crippen LogP contribution is -2.18. The van der Waals surface area contributed by atoms with Gasteiger partial charge in [-0.25, -0.2) is 4.99 Å². The molecule has 0 radical (unpaired) electrons. The van der Waals surface area contributed by atoms with E-state index >= 15 is 0 Å². The van der Waals surface area contributed by atoms with E-state index in [-0.39, 0.29) is 6.10 Å². The molecular weight excluding hydrogens is 204 g/mol. The average Bonchev–Trinajstić information content (AvgIpc) is 2.78. The molecular formula is C12H16N2O2. The highest BCUT2D eigenvalue weighted by Gasteiger charge is 2.19. The summed E-state index contributed by atoms with van der Waals surface area (Å²) < 4.78 is 10.8. The van der Waals surface area contributed by atoms with Crippen LogP contribution < -0.4 is 10.5 Å². The normalized spacial score (nSPS) is 19.1. The van der Waals surface area contributed by atoms with E-state index in [1.165, 1.54) is 0 Å². The van der Waals surface area contributed by atoms with Gasteiger partial charge in [-0.2, -0.15) is 0 Å². The number of hydrogen-bond donors (Lipinski definition) is 1. The Labute approximate surface area is 95.1 Å². The number of ether oxygens (including phenoxy) is 2. The van der Waals surface area contributed by atoms with Crippen LogP contribution >= 0.6 is 0 Å². The first-order valence-corrected chi connectivity index (χ1v) is 5.39. The molecule has 0 bridgehead atoms. The summed E-state index contributed by atoms with van der Waals surface area (Å²) in [5, 5.41) is 0. The minimum atomic E-state index is 0.141. The van der Waals surface area contributed by atoms with Crippen LogP contribution in [0.5, 0.6) is 5.75 Å². The first-order valence-electron chi connectivity index (χ1n) is 5.39. The number of methoxy groups -OCH3 is 1. The molecule has 4 nitrogen and oxygen atoms in total. The van der Waals surface area contributed by atoms with Crippen LogP contribution in [-0.4, -0.2) is 32.2 Å². The van der Waals surface area contributed by atoms with Gasteiger partial charge in [0.1, 0.15) is 11.9 Å². The van der Waals surface area contributed by atoms with Crippen LogP contribution in [0.4, 0.5) is 0 Å². The van der Waals surface area contributed by atoms with Gasteiger partial charge in [0, 0.05) is 5.56 Å². The molecule has 1 unspecified atom stereocenters. The third kappa shape index (κ3) is 2.33. The van der Waals surface area contributed by atoms with Crippen molar-refractivity contribution in [2.75, 3.05) is 20.2 Å². The zero-order chi connectivity index (χ0) is 11.4. The molecule has 1 heterocycles. The second kappa shape index (κ2) is 4.99. The van der Waals surface area contributed by atoms with Crippen LogP contribution in [0.15, 0.2) is 29.3 Å². The highest BCUT2D eigenvalue weighted by Crippen LogP contribution is 2.17. The van der Waals surface area contributed by atoms with E-state index in [1.807, 2.05) is 24.3 Å². The lowest BCUT2D eigenvalue weighted by atomic mass is 10.2. The first-order chi connectivity index (χ1) is 7.83. The minimum absolute atomic E-state index is 0.141. The van der Waals surface area contributed by atoms with Crippen molar-refractivity contribution in [2.45, 2.75) is 12.5 Å². The summed E-state index contributed by atoms with van der Waals surface area (Å²) >= 11 is 0. The average molecular weight is 220 g/mol. The molecule has 1 aromatic carbocycles. The SMILES string of the molecule is COc1ccc(C2=NCC(CCN)O2)cc1. The Kier molecular flexibility index (Phi) is 3.41. The summed E-state index contributed by atoms with van der Waals surface area (Å²) in [4.78, 5) is 4.36. The molecule has 0 saturated heterocycles. The monoisotopic (exact) mass is 220 g/mol. The highest BCUT2D eigenvalue weighted by molar-refractivity contribution is 5.95. The van der Waals surface area contributed by atoms with Crippen LogP contribution in [0.25, 0.3) is 0 Å². The van der Waals surface area contributed by atoms with E-state index in [1.54, 1.807) is 7.11 Å². The van der Waals surface area contributed by atoms with Crippen molar-refractivity contribution in [3.05, 3.63) is 29.8 Å². The van der Waals surface area contributed by atoms with Gasteiger partial charge in [0.25, 0.3) is 0 Å². The Bertz CT molecular complexity index is 373. The van der Waals surface area contributed by atoms with E-state index in [0.29, 0.717) is 19.0 Å². The van der Waals surface area contributed by atoms with Gasteiger partial charge < -0.3 is 15.2 Å². The number of benzene rings is 1. The summed E-state index contributed by atoms with van der Waals surface area (Å²) in [6, 6.07) is 7.69. The second-order valence-corrected chi connectivity index (χ2v) is 3.69. The molecule has 0 saturated carbocycles. The van der Waals surface area contributed by atoms with Gasteiger partial charge in [-0.05, 0) is 37.2 Å². The molecule has 0 aromatic heterocycles. The molecule has 1 aliphatic heterocycles. The van der Waals surface area contributed by atoms with E-state index in [0.717, 1.165) is 17.7 Å². The summed E-state index contributed by atoms with van der Waals surface area (Å²) in [6.07, 6.45) is 0.991. The maximum Gasteiger partial charge on any atom is 0.216 e. The Morgan fingerprint density at radius 2 is 2.19 bits per heavy atom. The largest absolute Gasteiger partial charge is 0.497 e. The van der Waals surface area contributed by atoms with Crippen LogP contribution in [0, 0.1) is 0 Å². The second-order valence-electron chi connectivity index (χ2n) is 3.69. The fourth-order valence-electron chi connectivity index (χ4n) is 1.65. The molecule has 16 heavy (non-hydrogen) atoms. The smallest absolute Gasteiger partial charge is 0.216 e. The van der Waals surface area contributed by atoms with Crippen molar-refractivity contribution in [3.8, 4) is 5.75 Å². The minimum Gasteiger partial charge on any atom is -0.497 e. The zero-order valence-electron chi connectivity index (χ0n) is 9.35. The van der Waals surface area contributed by atoms with Gasteiger partial charge >= 0.3 is 0 Å². The lowest BCUT2D eigenvalue weighted by Gasteiger charge is -2.09. The fraction of sp³-hybridized carbons (Fsp3) is 0.417. The standard InChI is InChI=1S/C12H16N2O2/c1-15-10-4-2-9(3-5-10)12-14-8-11(16-12)6-7-13/h2-5,11H,6-8,13H2,1H3. The maximum absolute atomic E-state index is 5.69. The summed E-state index contributed by atoms with van der Waals surface area (Å²) in [6.45, 7) is 1.34. The summed E-state index contributed by atoms with van der Waals surface area (Å²) in [5.41, 5.74) is 6.47. The van der Waals surface area contributed by atoms with Crippen molar-refractivity contribution in [1.82, 2.24) is 0 Å². The predicted molar refractivity (Wildman–Crippen MR) is 62.9 cm³/mol. The van der Waals surface area contributed by atoms with Gasteiger partial charge in [0.05, 0.1) is 13.7 Å². The predicted octanol–water partition coefficient (Wildman–Crippen LogP) is 1.19. The highest BCUT2D eigenvalue weighted by atomic mass is 16.5. The molecule has 0 spiro atoms. The van der Waals surface area contributed by atoms with E-state index in [4.69, 9.17) is 15.2 Å². The van der Waals surface area contributed by atoms with E-state index in [2.05, 4.69) is 4.99 Å². The van der Waals surface area contributed by atoms with Gasteiger partial charge in [0.15, 0.2) is 0 Å². The zero-order valence-corrected chi connectivity index (χ0v) is 9.35. The molecule has 0 fully saturated rings. The van der Waals surface area contributed by atoms with Gasteiger partial charge in [-0.15, -0.1) is 0 Å². The van der Waals surface area contributed by atoms with Gasteiger partial charge in [-0.3, -0.25) is 0 Å². The third-order valence-electron chi connectivity index (χ3n) is 2.54. The Balaban J connectivity index is 2.03. The number of nitrogens with two attached hydrogens (primary N) is 1. The number of rotatable bonds is 4. The Hall–Kier alpha value is -1.55. The van der Waals surface area contributed by atoms with Gasteiger partial charge in [-0.1, -0.05) is 0 Å². The third-order valence-corrected chi connectivity index (χ3v) is 2.54. The van der Waals surface area contributed by atoms with Crippen LogP contribution in [0.1, 0.15) is 12.0 Å². The van der Waals surface area contributed by atoms with Crippen molar-refractivity contribution in [3.63, 3.8) is 0 Å². The van der Waals surface area contributed by atoms with Crippen molar-refractivity contribution >= 4 is 5.90 Å². The van der Waals surface area contributed by atoms with Crippen molar-refractivity contribution < 1.29 is 9.47 Å². The lowest BCUT2D eigenvalue weighted by molar-refractivity contribution is 0.216. The fourth-order valence-corrected chi connectivity index (χ4v) is 1.65. The molecule has 0 amide bonds. The van der Waals surface area contributed by atoms with Gasteiger partial charge in [0.2, 0.25) is 5.90 Å². The summed E-state index contributed by atoms with van der Waals surface area (Å²) in [7, 11) is 1.65. The molecule has 0 aliphatic carbocycles.